The van der Waals surface area contributed by atoms with Gasteiger partial charge in [-0.3, -0.25) is 0 Å². The molecule has 35 heavy (non-hydrogen) atoms. The highest BCUT2D eigenvalue weighted by Gasteiger charge is 2.30. The summed E-state index contributed by atoms with van der Waals surface area (Å²) in [6.45, 7) is 14.1. The fourth-order valence-electron chi connectivity index (χ4n) is 4.28. The van der Waals surface area contributed by atoms with Gasteiger partial charge in [-0.1, -0.05) is 97.0 Å². The number of rotatable bonds is 5. The van der Waals surface area contributed by atoms with E-state index in [1.54, 1.807) is 7.11 Å². The lowest BCUT2D eigenvalue weighted by Crippen LogP contribution is -2.33. The number of aliphatic hydroxyl groups is 2. The molecule has 2 N–H and O–H groups in total. The molecular weight excluding hydrogens is 436 g/mol. The molecule has 3 aliphatic rings. The molecule has 0 amide bonds. The van der Waals surface area contributed by atoms with E-state index in [1.165, 1.54) is 16.7 Å². The van der Waals surface area contributed by atoms with Gasteiger partial charge in [-0.25, -0.2) is 0 Å². The lowest BCUT2D eigenvalue weighted by molar-refractivity contribution is -0.113. The molecule has 0 aromatic heterocycles. The molecule has 0 radical (unpaired) electrons. The zero-order valence-electron chi connectivity index (χ0n) is 22.9. The predicted octanol–water partition coefficient (Wildman–Crippen LogP) is 7.60. The van der Waals surface area contributed by atoms with E-state index in [0.29, 0.717) is 12.8 Å². The number of fused-ring (bicyclic) bond motifs is 1. The topological polar surface area (TPSA) is 58.9 Å². The van der Waals surface area contributed by atoms with Crippen LogP contribution in [0.3, 0.4) is 0 Å². The standard InChI is InChI=1S/C25H28O4.3C2H6/c1-16(20-10-17-6-4-3-5-7-18(17)11-20)23-12-19(8-9-24(23)28-2)25-14-21(27)13-22(15-26)29-25;3*1-2/h3-12,16,21-22,25-27H,13-15H2,1-2H3;3*1-2H3. The van der Waals surface area contributed by atoms with E-state index < -0.39 is 6.10 Å². The Morgan fingerprint density at radius 1 is 0.886 bits per heavy atom. The zero-order chi connectivity index (χ0) is 26.4. The summed E-state index contributed by atoms with van der Waals surface area (Å²) in [6.07, 6.45) is -0.00876. The van der Waals surface area contributed by atoms with Gasteiger partial charge in [0.05, 0.1) is 32.0 Å². The Bertz CT molecular complexity index is 908. The molecular formula is C31H46O4. The third-order valence-corrected chi connectivity index (χ3v) is 5.92. The van der Waals surface area contributed by atoms with Crippen molar-refractivity contribution in [2.45, 2.75) is 85.5 Å². The molecule has 4 heteroatoms. The largest absolute Gasteiger partial charge is 0.496 e. The lowest BCUT2D eigenvalue weighted by Gasteiger charge is -2.33. The number of benzene rings is 1. The van der Waals surface area contributed by atoms with Gasteiger partial charge in [0.1, 0.15) is 5.75 Å². The van der Waals surface area contributed by atoms with Crippen LogP contribution >= 0.6 is 0 Å². The smallest absolute Gasteiger partial charge is 0.122 e. The van der Waals surface area contributed by atoms with Gasteiger partial charge < -0.3 is 19.7 Å². The summed E-state index contributed by atoms with van der Waals surface area (Å²) in [5.74, 6) is 0.983. The van der Waals surface area contributed by atoms with E-state index in [0.717, 1.165) is 16.9 Å². The highest BCUT2D eigenvalue weighted by Crippen LogP contribution is 2.39. The monoisotopic (exact) mass is 482 g/mol. The van der Waals surface area contributed by atoms with Gasteiger partial charge in [0.25, 0.3) is 0 Å². The quantitative estimate of drug-likeness (QED) is 0.393. The van der Waals surface area contributed by atoms with Crippen LogP contribution in [0, 0.1) is 0 Å². The van der Waals surface area contributed by atoms with E-state index >= 15 is 0 Å². The van der Waals surface area contributed by atoms with Crippen LogP contribution in [0.4, 0.5) is 0 Å². The average molecular weight is 483 g/mol. The Morgan fingerprint density at radius 3 is 2.03 bits per heavy atom. The molecule has 0 bridgehead atoms. The van der Waals surface area contributed by atoms with Gasteiger partial charge in [-0.2, -0.15) is 0 Å². The molecule has 1 aromatic carbocycles. The fourth-order valence-corrected chi connectivity index (χ4v) is 4.28. The number of methoxy groups -OCH3 is 1. The van der Waals surface area contributed by atoms with Crippen molar-refractivity contribution in [1.29, 1.82) is 0 Å². The highest BCUT2D eigenvalue weighted by atomic mass is 16.5. The molecule has 0 saturated carbocycles. The lowest BCUT2D eigenvalue weighted by atomic mass is 9.89. The maximum atomic E-state index is 10.2. The van der Waals surface area contributed by atoms with Crippen molar-refractivity contribution in [3.8, 4) is 16.9 Å². The summed E-state index contributed by atoms with van der Waals surface area (Å²) in [4.78, 5) is 0. The molecule has 0 spiro atoms. The van der Waals surface area contributed by atoms with Crippen molar-refractivity contribution in [3.63, 3.8) is 0 Å². The summed E-state index contributed by atoms with van der Waals surface area (Å²) < 4.78 is 11.7. The summed E-state index contributed by atoms with van der Waals surface area (Å²) in [5, 5.41) is 19.7. The van der Waals surface area contributed by atoms with Crippen molar-refractivity contribution >= 4 is 0 Å². The molecule has 1 saturated heterocycles. The molecule has 1 aliphatic heterocycles. The summed E-state index contributed by atoms with van der Waals surface area (Å²) >= 11 is 0. The number of hydrogen-bond donors (Lipinski definition) is 2. The van der Waals surface area contributed by atoms with Gasteiger partial charge >= 0.3 is 0 Å². The van der Waals surface area contributed by atoms with Crippen molar-refractivity contribution in [3.05, 3.63) is 77.4 Å². The molecule has 4 nitrogen and oxygen atoms in total. The summed E-state index contributed by atoms with van der Waals surface area (Å²) in [5.41, 5.74) is 5.77. The second kappa shape index (κ2) is 16.3. The summed E-state index contributed by atoms with van der Waals surface area (Å²) in [7, 11) is 1.69. The van der Waals surface area contributed by atoms with E-state index in [1.807, 2.05) is 59.7 Å². The van der Waals surface area contributed by atoms with Gasteiger partial charge in [0.15, 0.2) is 0 Å². The minimum absolute atomic E-state index is 0.0789. The molecule has 194 valence electrons. The van der Waals surface area contributed by atoms with Crippen LogP contribution in [0.1, 0.15) is 90.0 Å². The Hall–Kier alpha value is -2.40. The van der Waals surface area contributed by atoms with E-state index in [-0.39, 0.29) is 24.7 Å². The highest BCUT2D eigenvalue weighted by molar-refractivity contribution is 5.69. The molecule has 1 aromatic rings. The molecule has 4 unspecified atom stereocenters. The number of ether oxygens (including phenoxy) is 2. The van der Waals surface area contributed by atoms with Gasteiger partial charge in [-0.15, -0.1) is 0 Å². The van der Waals surface area contributed by atoms with Crippen molar-refractivity contribution < 1.29 is 19.7 Å². The Balaban J connectivity index is 0.000000949. The first kappa shape index (κ1) is 30.6. The minimum atomic E-state index is -0.463. The number of aliphatic hydroxyl groups excluding tert-OH is 2. The molecule has 2 aliphatic carbocycles. The van der Waals surface area contributed by atoms with Crippen molar-refractivity contribution in [1.82, 2.24) is 0 Å². The molecule has 4 atom stereocenters. The van der Waals surface area contributed by atoms with Crippen LogP contribution in [-0.2, 0) is 4.74 Å². The third kappa shape index (κ3) is 8.06. The normalized spacial score (nSPS) is 19.7. The van der Waals surface area contributed by atoms with E-state index in [9.17, 15) is 10.2 Å². The molecule has 1 heterocycles. The first-order valence-electron chi connectivity index (χ1n) is 13.2. The van der Waals surface area contributed by atoms with Crippen LogP contribution in [-0.4, -0.2) is 36.1 Å². The third-order valence-electron chi connectivity index (χ3n) is 5.92. The zero-order valence-corrected chi connectivity index (χ0v) is 22.9. The maximum Gasteiger partial charge on any atom is 0.122 e. The predicted molar refractivity (Wildman–Crippen MR) is 148 cm³/mol. The molecule has 4 rings (SSSR count). The van der Waals surface area contributed by atoms with E-state index in [4.69, 9.17) is 9.47 Å². The van der Waals surface area contributed by atoms with Crippen molar-refractivity contribution in [2.24, 2.45) is 0 Å². The second-order valence-electron chi connectivity index (χ2n) is 7.89. The Morgan fingerprint density at radius 2 is 1.49 bits per heavy atom. The van der Waals surface area contributed by atoms with Crippen LogP contribution in [0.25, 0.3) is 11.1 Å². The second-order valence-corrected chi connectivity index (χ2v) is 7.89. The van der Waals surface area contributed by atoms with E-state index in [2.05, 4.69) is 49.4 Å². The van der Waals surface area contributed by atoms with Crippen molar-refractivity contribution in [2.75, 3.05) is 13.7 Å². The summed E-state index contributed by atoms with van der Waals surface area (Å²) in [6, 6.07) is 21.0. The SMILES string of the molecule is CC.CC.CC.COc1ccc(C2CC(O)CC(CO)O2)cc1C(C)c1cc2cccccc-2c1. The first-order valence-corrected chi connectivity index (χ1v) is 13.2. The van der Waals surface area contributed by atoms with Gasteiger partial charge in [-0.05, 0) is 34.4 Å². The van der Waals surface area contributed by atoms with Crippen LogP contribution in [0.5, 0.6) is 5.75 Å². The van der Waals surface area contributed by atoms with Crippen LogP contribution in [0.15, 0.2) is 60.7 Å². The Labute approximate surface area is 213 Å². The minimum Gasteiger partial charge on any atom is -0.496 e. The maximum absolute atomic E-state index is 10.2. The molecule has 1 fully saturated rings. The van der Waals surface area contributed by atoms with Gasteiger partial charge in [0.2, 0.25) is 0 Å². The van der Waals surface area contributed by atoms with Crippen LogP contribution < -0.4 is 4.74 Å². The fraction of sp³-hybridized carbons (Fsp3) is 0.484. The first-order chi connectivity index (χ1) is 17.1. The van der Waals surface area contributed by atoms with Gasteiger partial charge in [0, 0.05) is 24.3 Å². The van der Waals surface area contributed by atoms with Crippen LogP contribution in [0.2, 0.25) is 0 Å². The number of hydrogen-bond acceptors (Lipinski definition) is 4. The average Bonchev–Trinajstić information content (AvgIpc) is 3.20. The Kier molecular flexibility index (Phi) is 14.3.